The Kier molecular flexibility index (Phi) is 7.89. The summed E-state index contributed by atoms with van der Waals surface area (Å²) in [6, 6.07) is 12.9. The fourth-order valence-corrected chi connectivity index (χ4v) is 2.02. The molecule has 2 aromatic rings. The van der Waals surface area contributed by atoms with Crippen molar-refractivity contribution in [2.75, 3.05) is 0 Å². The lowest BCUT2D eigenvalue weighted by atomic mass is 10.1. The summed E-state index contributed by atoms with van der Waals surface area (Å²) in [5.41, 5.74) is 1.18. The van der Waals surface area contributed by atoms with Crippen molar-refractivity contribution in [3.63, 3.8) is 0 Å². The topological polar surface area (TPSA) is 109 Å². The third kappa shape index (κ3) is 6.32. The number of Topliss-reactive ketones (excluding diaryl/α,β-unsaturated/α-hetero) is 2. The third-order valence-corrected chi connectivity index (χ3v) is 3.56. The van der Waals surface area contributed by atoms with Crippen LogP contribution in [0.3, 0.4) is 0 Å². The summed E-state index contributed by atoms with van der Waals surface area (Å²) >= 11 is 0. The first-order valence-electron chi connectivity index (χ1n) is 7.93. The first kappa shape index (κ1) is 20.8. The standard InChI is InChI=1S/C11H12O2.C9H8O4/c1-2-10(12)8-11(13)9-6-4-3-5-7-9;1-5-2-3-6(8(10)11)4-7(5)9(12)13/h3-7H,2,8H2,1H3;2-4H,1H3,(H,10,11)(H,12,13). The van der Waals surface area contributed by atoms with Gasteiger partial charge in [-0.2, -0.15) is 0 Å². The average molecular weight is 356 g/mol. The maximum absolute atomic E-state index is 11.4. The molecule has 0 radical (unpaired) electrons. The van der Waals surface area contributed by atoms with Gasteiger partial charge in [0.05, 0.1) is 17.5 Å². The minimum absolute atomic E-state index is 0.00569. The molecule has 0 amide bonds. The normalized spacial score (nSPS) is 9.62. The summed E-state index contributed by atoms with van der Waals surface area (Å²) in [6.07, 6.45) is 0.457. The lowest BCUT2D eigenvalue weighted by Gasteiger charge is -2.01. The monoisotopic (exact) mass is 356 g/mol. The van der Waals surface area contributed by atoms with Crippen molar-refractivity contribution in [1.29, 1.82) is 0 Å². The number of carbonyl (C=O) groups is 4. The highest BCUT2D eigenvalue weighted by atomic mass is 16.4. The van der Waals surface area contributed by atoms with Gasteiger partial charge in [-0.3, -0.25) is 9.59 Å². The molecular formula is C20H20O6. The Balaban J connectivity index is 0.000000260. The number of benzene rings is 2. The quantitative estimate of drug-likeness (QED) is 0.604. The first-order chi connectivity index (χ1) is 12.3. The van der Waals surface area contributed by atoms with Crippen LogP contribution in [0.25, 0.3) is 0 Å². The number of rotatable bonds is 6. The van der Waals surface area contributed by atoms with Crippen molar-refractivity contribution in [3.8, 4) is 0 Å². The molecule has 0 aliphatic rings. The Labute approximate surface area is 151 Å². The second-order valence-electron chi connectivity index (χ2n) is 5.50. The van der Waals surface area contributed by atoms with E-state index in [1.165, 1.54) is 12.1 Å². The van der Waals surface area contributed by atoms with Gasteiger partial charge in [-0.15, -0.1) is 0 Å². The molecule has 2 rings (SSSR count). The van der Waals surface area contributed by atoms with Crippen LogP contribution in [-0.4, -0.2) is 33.7 Å². The van der Waals surface area contributed by atoms with E-state index in [0.717, 1.165) is 6.07 Å². The molecule has 0 aliphatic carbocycles. The van der Waals surface area contributed by atoms with E-state index < -0.39 is 11.9 Å². The summed E-state index contributed by atoms with van der Waals surface area (Å²) in [5.74, 6) is -2.33. The van der Waals surface area contributed by atoms with E-state index in [9.17, 15) is 19.2 Å². The number of hydrogen-bond donors (Lipinski definition) is 2. The zero-order chi connectivity index (χ0) is 19.7. The lowest BCUT2D eigenvalue weighted by molar-refractivity contribution is -0.117. The second kappa shape index (κ2) is 9.88. The van der Waals surface area contributed by atoms with Crippen molar-refractivity contribution in [1.82, 2.24) is 0 Å². The highest BCUT2D eigenvalue weighted by molar-refractivity contribution is 6.07. The molecule has 0 fully saturated rings. The molecule has 2 aromatic carbocycles. The van der Waals surface area contributed by atoms with Crippen molar-refractivity contribution in [3.05, 3.63) is 70.8 Å². The molecule has 136 valence electrons. The zero-order valence-electron chi connectivity index (χ0n) is 14.6. The predicted molar refractivity (Wildman–Crippen MR) is 95.8 cm³/mol. The van der Waals surface area contributed by atoms with Crippen molar-refractivity contribution in [2.45, 2.75) is 26.7 Å². The fourth-order valence-electron chi connectivity index (χ4n) is 2.02. The van der Waals surface area contributed by atoms with Crippen LogP contribution in [0.15, 0.2) is 48.5 Å². The predicted octanol–water partition coefficient (Wildman–Crippen LogP) is 3.63. The molecule has 0 unspecified atom stereocenters. The largest absolute Gasteiger partial charge is 0.478 e. The van der Waals surface area contributed by atoms with Crippen LogP contribution in [0.2, 0.25) is 0 Å². The molecule has 0 aromatic heterocycles. The van der Waals surface area contributed by atoms with Gasteiger partial charge in [0, 0.05) is 12.0 Å². The second-order valence-corrected chi connectivity index (χ2v) is 5.50. The van der Waals surface area contributed by atoms with Crippen LogP contribution in [0.4, 0.5) is 0 Å². The van der Waals surface area contributed by atoms with Gasteiger partial charge in [-0.05, 0) is 24.6 Å². The van der Waals surface area contributed by atoms with E-state index in [1.54, 1.807) is 38.1 Å². The SMILES string of the molecule is CCC(=O)CC(=O)c1ccccc1.Cc1ccc(C(=O)O)cc1C(=O)O. The van der Waals surface area contributed by atoms with Gasteiger partial charge in [0.1, 0.15) is 5.78 Å². The molecule has 0 atom stereocenters. The van der Waals surface area contributed by atoms with Gasteiger partial charge in [0.2, 0.25) is 0 Å². The van der Waals surface area contributed by atoms with Crippen LogP contribution in [-0.2, 0) is 4.79 Å². The molecule has 0 aliphatic heterocycles. The molecular weight excluding hydrogens is 336 g/mol. The van der Waals surface area contributed by atoms with Gasteiger partial charge < -0.3 is 10.2 Å². The number of aryl methyl sites for hydroxylation is 1. The maximum atomic E-state index is 11.4. The summed E-state index contributed by atoms with van der Waals surface area (Å²) in [4.78, 5) is 43.5. The maximum Gasteiger partial charge on any atom is 0.335 e. The highest BCUT2D eigenvalue weighted by Crippen LogP contribution is 2.11. The third-order valence-electron chi connectivity index (χ3n) is 3.56. The van der Waals surface area contributed by atoms with E-state index in [1.807, 2.05) is 6.07 Å². The van der Waals surface area contributed by atoms with Crippen molar-refractivity contribution in [2.24, 2.45) is 0 Å². The lowest BCUT2D eigenvalue weighted by Crippen LogP contribution is -2.06. The molecule has 6 nitrogen and oxygen atoms in total. The first-order valence-corrected chi connectivity index (χ1v) is 7.93. The van der Waals surface area contributed by atoms with E-state index in [2.05, 4.69) is 0 Å². The van der Waals surface area contributed by atoms with Crippen LogP contribution >= 0.6 is 0 Å². The smallest absolute Gasteiger partial charge is 0.335 e. The van der Waals surface area contributed by atoms with Gasteiger partial charge in [0.15, 0.2) is 5.78 Å². The van der Waals surface area contributed by atoms with Crippen LogP contribution in [0.1, 0.15) is 56.4 Å². The average Bonchev–Trinajstić information content (AvgIpc) is 2.62. The number of carboxylic acids is 2. The van der Waals surface area contributed by atoms with Crippen molar-refractivity contribution < 1.29 is 29.4 Å². The molecule has 0 heterocycles. The fraction of sp³-hybridized carbons (Fsp3) is 0.200. The molecule has 0 bridgehead atoms. The minimum atomic E-state index is -1.12. The summed E-state index contributed by atoms with van der Waals surface area (Å²) in [6.45, 7) is 3.38. The summed E-state index contributed by atoms with van der Waals surface area (Å²) in [5, 5.41) is 17.3. The highest BCUT2D eigenvalue weighted by Gasteiger charge is 2.11. The van der Waals surface area contributed by atoms with Gasteiger partial charge in [-0.25, -0.2) is 9.59 Å². The Morgan fingerprint density at radius 3 is 1.96 bits per heavy atom. The van der Waals surface area contributed by atoms with E-state index >= 15 is 0 Å². The number of carbonyl (C=O) groups excluding carboxylic acids is 2. The van der Waals surface area contributed by atoms with Crippen LogP contribution < -0.4 is 0 Å². The van der Waals surface area contributed by atoms with Gasteiger partial charge in [-0.1, -0.05) is 43.3 Å². The molecule has 0 saturated carbocycles. The Bertz CT molecular complexity index is 808. The molecule has 2 N–H and O–H groups in total. The number of aromatic carboxylic acids is 2. The molecule has 26 heavy (non-hydrogen) atoms. The minimum Gasteiger partial charge on any atom is -0.478 e. The Morgan fingerprint density at radius 1 is 0.846 bits per heavy atom. The van der Waals surface area contributed by atoms with Crippen molar-refractivity contribution >= 4 is 23.5 Å². The van der Waals surface area contributed by atoms with Crippen LogP contribution in [0.5, 0.6) is 0 Å². The molecule has 0 spiro atoms. The Hall–Kier alpha value is -3.28. The Morgan fingerprint density at radius 2 is 1.46 bits per heavy atom. The summed E-state index contributed by atoms with van der Waals surface area (Å²) in [7, 11) is 0. The van der Waals surface area contributed by atoms with Gasteiger partial charge in [0.25, 0.3) is 0 Å². The van der Waals surface area contributed by atoms with Gasteiger partial charge >= 0.3 is 11.9 Å². The number of hydrogen-bond acceptors (Lipinski definition) is 4. The number of ketones is 2. The molecule has 6 heteroatoms. The summed E-state index contributed by atoms with van der Waals surface area (Å²) < 4.78 is 0. The van der Waals surface area contributed by atoms with E-state index in [0.29, 0.717) is 17.5 Å². The number of carboxylic acid groups (broad SMARTS) is 2. The molecule has 0 saturated heterocycles. The zero-order valence-corrected chi connectivity index (χ0v) is 14.6. The van der Waals surface area contributed by atoms with Crippen LogP contribution in [0, 0.1) is 6.92 Å². The van der Waals surface area contributed by atoms with E-state index in [-0.39, 0.29) is 29.1 Å². The van der Waals surface area contributed by atoms with E-state index in [4.69, 9.17) is 10.2 Å².